The lowest BCUT2D eigenvalue weighted by Gasteiger charge is -2.42. The smallest absolute Gasteiger partial charge is 0.410 e. The molecule has 1 aromatic carbocycles. The fourth-order valence-electron chi connectivity index (χ4n) is 4.06. The fraction of sp³-hybridized carbons (Fsp3) is 0.417. The summed E-state index contributed by atoms with van der Waals surface area (Å²) in [4.78, 5) is 30.0. The summed E-state index contributed by atoms with van der Waals surface area (Å²) >= 11 is 6.25. The molecule has 174 valence electrons. The molecule has 4 rings (SSSR count). The van der Waals surface area contributed by atoms with Gasteiger partial charge in [0.1, 0.15) is 17.2 Å². The van der Waals surface area contributed by atoms with Crippen LogP contribution in [-0.4, -0.2) is 64.3 Å². The number of carbonyl (C=O) groups excluding carboxylic acids is 1. The van der Waals surface area contributed by atoms with Crippen LogP contribution >= 0.6 is 11.6 Å². The maximum Gasteiger partial charge on any atom is 0.410 e. The van der Waals surface area contributed by atoms with Crippen molar-refractivity contribution in [2.75, 3.05) is 31.6 Å². The van der Waals surface area contributed by atoms with Gasteiger partial charge in [0.15, 0.2) is 0 Å². The first-order valence-corrected chi connectivity index (χ1v) is 11.3. The first kappa shape index (κ1) is 23.0. The minimum Gasteiger partial charge on any atom is -0.494 e. The number of benzene rings is 1. The van der Waals surface area contributed by atoms with Gasteiger partial charge in [0.05, 0.1) is 36.4 Å². The van der Waals surface area contributed by atoms with Gasteiger partial charge < -0.3 is 19.3 Å². The Morgan fingerprint density at radius 2 is 1.91 bits per heavy atom. The highest BCUT2D eigenvalue weighted by Crippen LogP contribution is 2.34. The van der Waals surface area contributed by atoms with Crippen LogP contribution in [0.3, 0.4) is 0 Å². The van der Waals surface area contributed by atoms with Crippen LogP contribution in [0.2, 0.25) is 5.28 Å². The van der Waals surface area contributed by atoms with Crippen LogP contribution in [0.4, 0.5) is 10.6 Å². The van der Waals surface area contributed by atoms with Crippen molar-refractivity contribution in [3.8, 4) is 5.75 Å². The number of hydrogen-bond acceptors (Lipinski definition) is 7. The summed E-state index contributed by atoms with van der Waals surface area (Å²) in [7, 11) is 1.59. The third-order valence-electron chi connectivity index (χ3n) is 5.47. The summed E-state index contributed by atoms with van der Waals surface area (Å²) in [6, 6.07) is 10.0. The van der Waals surface area contributed by atoms with Gasteiger partial charge in [-0.15, -0.1) is 0 Å². The molecule has 1 aliphatic heterocycles. The van der Waals surface area contributed by atoms with Crippen LogP contribution in [-0.2, 0) is 11.2 Å². The van der Waals surface area contributed by atoms with Gasteiger partial charge in [-0.3, -0.25) is 4.98 Å². The Morgan fingerprint density at radius 3 is 2.61 bits per heavy atom. The van der Waals surface area contributed by atoms with Gasteiger partial charge in [-0.05, 0) is 44.4 Å². The van der Waals surface area contributed by atoms with Crippen LogP contribution in [0, 0.1) is 0 Å². The van der Waals surface area contributed by atoms with Gasteiger partial charge in [0.25, 0.3) is 0 Å². The normalized spacial score (nSPS) is 16.7. The van der Waals surface area contributed by atoms with Gasteiger partial charge in [0.2, 0.25) is 5.28 Å². The van der Waals surface area contributed by atoms with Crippen LogP contribution in [0.25, 0.3) is 10.9 Å². The number of fused-ring (bicyclic) bond motifs is 1. The Bertz CT molecular complexity index is 1140. The predicted molar refractivity (Wildman–Crippen MR) is 128 cm³/mol. The number of ether oxygens (including phenoxy) is 2. The van der Waals surface area contributed by atoms with Crippen molar-refractivity contribution in [2.45, 2.75) is 38.8 Å². The Labute approximate surface area is 198 Å². The number of nitrogens with zero attached hydrogens (tertiary/aromatic N) is 5. The zero-order valence-electron chi connectivity index (χ0n) is 19.3. The van der Waals surface area contributed by atoms with E-state index in [4.69, 9.17) is 21.1 Å². The third kappa shape index (κ3) is 5.27. The summed E-state index contributed by atoms with van der Waals surface area (Å²) in [6.45, 7) is 7.25. The van der Waals surface area contributed by atoms with E-state index in [1.54, 1.807) is 19.5 Å². The van der Waals surface area contributed by atoms with Crippen LogP contribution in [0.15, 0.2) is 42.7 Å². The van der Waals surface area contributed by atoms with E-state index in [1.165, 1.54) is 0 Å². The first-order valence-electron chi connectivity index (χ1n) is 10.9. The second-order valence-corrected chi connectivity index (χ2v) is 9.35. The van der Waals surface area contributed by atoms with Crippen LogP contribution in [0.1, 0.15) is 26.3 Å². The number of rotatable bonds is 4. The first-order chi connectivity index (χ1) is 15.7. The molecule has 8 nitrogen and oxygen atoms in total. The molecule has 3 heterocycles. The lowest BCUT2D eigenvalue weighted by molar-refractivity contribution is 0.0141. The van der Waals surface area contributed by atoms with Crippen LogP contribution < -0.4 is 9.64 Å². The molecule has 0 spiro atoms. The number of aromatic nitrogens is 3. The Hall–Kier alpha value is -3.13. The lowest BCUT2D eigenvalue weighted by atomic mass is 10.0. The highest BCUT2D eigenvalue weighted by molar-refractivity contribution is 6.29. The number of carbonyl (C=O) groups is 1. The number of piperazine rings is 1. The quantitative estimate of drug-likeness (QED) is 0.525. The molecule has 1 atom stereocenters. The average Bonchev–Trinajstić information content (AvgIpc) is 2.77. The molecule has 1 fully saturated rings. The van der Waals surface area contributed by atoms with E-state index in [2.05, 4.69) is 32.0 Å². The van der Waals surface area contributed by atoms with Gasteiger partial charge in [0, 0.05) is 19.6 Å². The number of anilines is 1. The number of halogens is 1. The molecule has 2 aromatic heterocycles. The van der Waals surface area contributed by atoms with Crippen molar-refractivity contribution in [1.29, 1.82) is 0 Å². The number of amides is 1. The molecule has 3 aromatic rings. The van der Waals surface area contributed by atoms with Gasteiger partial charge >= 0.3 is 6.09 Å². The van der Waals surface area contributed by atoms with Crippen molar-refractivity contribution in [2.24, 2.45) is 0 Å². The topological polar surface area (TPSA) is 80.7 Å². The van der Waals surface area contributed by atoms with E-state index < -0.39 is 5.60 Å². The summed E-state index contributed by atoms with van der Waals surface area (Å²) in [5, 5.41) is 0.891. The molecule has 1 amide bonds. The number of pyridine rings is 1. The minimum absolute atomic E-state index is 0.118. The van der Waals surface area contributed by atoms with Gasteiger partial charge in [-0.25, -0.2) is 9.78 Å². The summed E-state index contributed by atoms with van der Waals surface area (Å²) in [5.41, 5.74) is 1.19. The van der Waals surface area contributed by atoms with Crippen molar-refractivity contribution < 1.29 is 14.3 Å². The van der Waals surface area contributed by atoms with E-state index in [9.17, 15) is 4.79 Å². The largest absolute Gasteiger partial charge is 0.494 e. The highest BCUT2D eigenvalue weighted by Gasteiger charge is 2.35. The summed E-state index contributed by atoms with van der Waals surface area (Å²) in [6.07, 6.45) is 3.66. The second-order valence-electron chi connectivity index (χ2n) is 9.02. The fourth-order valence-corrected chi connectivity index (χ4v) is 4.23. The van der Waals surface area contributed by atoms with E-state index in [-0.39, 0.29) is 17.4 Å². The maximum absolute atomic E-state index is 13.0. The zero-order valence-corrected chi connectivity index (χ0v) is 20.0. The highest BCUT2D eigenvalue weighted by atomic mass is 35.5. The molecule has 0 bridgehead atoms. The third-order valence-corrected chi connectivity index (χ3v) is 5.64. The van der Waals surface area contributed by atoms with Crippen molar-refractivity contribution in [1.82, 2.24) is 19.9 Å². The van der Waals surface area contributed by atoms with E-state index in [1.807, 2.05) is 43.9 Å². The molecule has 0 radical (unpaired) electrons. The van der Waals surface area contributed by atoms with E-state index in [0.717, 1.165) is 10.9 Å². The minimum atomic E-state index is -0.567. The molecule has 9 heteroatoms. The molecule has 0 saturated carbocycles. The average molecular weight is 470 g/mol. The van der Waals surface area contributed by atoms with Gasteiger partial charge in [-0.1, -0.05) is 30.3 Å². The SMILES string of the molecule is COc1cncc2nc(Cl)nc(N3CCN(C(=O)OC(C)(C)C)[C@@H](Cc4ccccc4)C3)c12. The van der Waals surface area contributed by atoms with E-state index >= 15 is 0 Å². The summed E-state index contributed by atoms with van der Waals surface area (Å²) in [5.74, 6) is 1.25. The second kappa shape index (κ2) is 9.39. The predicted octanol–water partition coefficient (Wildman–Crippen LogP) is 4.36. The molecule has 0 aliphatic carbocycles. The zero-order chi connectivity index (χ0) is 23.6. The monoisotopic (exact) mass is 469 g/mol. The van der Waals surface area contributed by atoms with Gasteiger partial charge in [-0.2, -0.15) is 4.98 Å². The standard InChI is InChI=1S/C24H28ClN5O3/c1-24(2,3)33-23(31)30-11-10-29(15-17(30)12-16-8-6-5-7-9-16)21-20-18(27-22(25)28-21)13-26-14-19(20)32-4/h5-9,13-14,17H,10-12,15H2,1-4H3/t17-/m0/s1. The lowest BCUT2D eigenvalue weighted by Crippen LogP contribution is -2.57. The van der Waals surface area contributed by atoms with E-state index in [0.29, 0.717) is 43.1 Å². The molecule has 0 N–H and O–H groups in total. The Morgan fingerprint density at radius 1 is 1.15 bits per heavy atom. The molecular formula is C24H28ClN5O3. The van der Waals surface area contributed by atoms with Crippen molar-refractivity contribution in [3.05, 3.63) is 53.6 Å². The molecular weight excluding hydrogens is 442 g/mol. The Balaban J connectivity index is 1.69. The Kier molecular flexibility index (Phi) is 6.56. The maximum atomic E-state index is 13.0. The van der Waals surface area contributed by atoms with Crippen LogP contribution in [0.5, 0.6) is 5.75 Å². The summed E-state index contributed by atoms with van der Waals surface area (Å²) < 4.78 is 11.2. The number of methoxy groups -OCH3 is 1. The molecule has 1 aliphatic rings. The van der Waals surface area contributed by atoms with Crippen molar-refractivity contribution in [3.63, 3.8) is 0 Å². The molecule has 33 heavy (non-hydrogen) atoms. The molecule has 0 unspecified atom stereocenters. The number of hydrogen-bond donors (Lipinski definition) is 0. The van der Waals surface area contributed by atoms with Crippen molar-refractivity contribution >= 4 is 34.4 Å². The molecule has 1 saturated heterocycles.